The van der Waals surface area contributed by atoms with Gasteiger partial charge in [0, 0.05) is 30.4 Å². The molecule has 3 aromatic carbocycles. The van der Waals surface area contributed by atoms with Crippen LogP contribution in [0, 0.1) is 11.6 Å². The highest BCUT2D eigenvalue weighted by atomic mass is 19.1. The molecule has 0 radical (unpaired) electrons. The van der Waals surface area contributed by atoms with E-state index in [1.165, 1.54) is 59.5 Å². The van der Waals surface area contributed by atoms with Crippen LogP contribution in [-0.4, -0.2) is 24.9 Å². The van der Waals surface area contributed by atoms with Gasteiger partial charge in [-0.2, -0.15) is 0 Å². The van der Waals surface area contributed by atoms with Crippen LogP contribution in [0.25, 0.3) is 6.08 Å². The standard InChI is InChI=1S/C25H22F2N2O2/c26-21-10-8-20(9-11-21)25(31)29(23-14-12-22(27)13-15-23)18-4-17-28-24(30)16-7-19-5-2-1-3-6-19/h1-3,5-16H,4,17-18H2,(H,28,30)/b16-7+. The second kappa shape index (κ2) is 10.8. The van der Waals surface area contributed by atoms with Crippen LogP contribution in [0.5, 0.6) is 0 Å². The number of nitrogens with zero attached hydrogens (tertiary/aromatic N) is 1. The topological polar surface area (TPSA) is 49.4 Å². The van der Waals surface area contributed by atoms with E-state index in [0.29, 0.717) is 30.8 Å². The van der Waals surface area contributed by atoms with Crippen LogP contribution in [0.2, 0.25) is 0 Å². The number of amides is 2. The van der Waals surface area contributed by atoms with Gasteiger partial charge in [-0.3, -0.25) is 9.59 Å². The van der Waals surface area contributed by atoms with Gasteiger partial charge in [0.1, 0.15) is 11.6 Å². The largest absolute Gasteiger partial charge is 0.352 e. The van der Waals surface area contributed by atoms with E-state index in [9.17, 15) is 18.4 Å². The Morgan fingerprint density at radius 2 is 1.45 bits per heavy atom. The highest BCUT2D eigenvalue weighted by Gasteiger charge is 2.17. The molecule has 0 spiro atoms. The Balaban J connectivity index is 1.60. The van der Waals surface area contributed by atoms with Gasteiger partial charge in [0.05, 0.1) is 0 Å². The summed E-state index contributed by atoms with van der Waals surface area (Å²) in [6, 6.07) is 20.3. The molecule has 3 aromatic rings. The van der Waals surface area contributed by atoms with E-state index in [4.69, 9.17) is 0 Å². The second-order valence-electron chi connectivity index (χ2n) is 6.83. The van der Waals surface area contributed by atoms with Gasteiger partial charge in [0.25, 0.3) is 5.91 Å². The summed E-state index contributed by atoms with van der Waals surface area (Å²) in [6.07, 6.45) is 3.66. The summed E-state index contributed by atoms with van der Waals surface area (Å²) >= 11 is 0. The number of carbonyl (C=O) groups is 2. The van der Waals surface area contributed by atoms with Gasteiger partial charge < -0.3 is 10.2 Å². The Kier molecular flexibility index (Phi) is 7.65. The lowest BCUT2D eigenvalue weighted by molar-refractivity contribution is -0.116. The molecule has 1 N–H and O–H groups in total. The van der Waals surface area contributed by atoms with Crippen LogP contribution in [0.15, 0.2) is 84.9 Å². The first-order chi connectivity index (χ1) is 15.0. The molecular weight excluding hydrogens is 398 g/mol. The van der Waals surface area contributed by atoms with Gasteiger partial charge in [-0.15, -0.1) is 0 Å². The normalized spacial score (nSPS) is 10.8. The van der Waals surface area contributed by atoms with Crippen molar-refractivity contribution in [3.8, 4) is 0 Å². The third-order valence-corrected chi connectivity index (χ3v) is 4.56. The summed E-state index contributed by atoms with van der Waals surface area (Å²) < 4.78 is 26.5. The number of anilines is 1. The zero-order chi connectivity index (χ0) is 22.1. The van der Waals surface area contributed by atoms with Gasteiger partial charge in [0.2, 0.25) is 5.91 Å². The lowest BCUT2D eigenvalue weighted by Crippen LogP contribution is -2.34. The summed E-state index contributed by atoms with van der Waals surface area (Å²) in [5.74, 6) is -1.41. The predicted molar refractivity (Wildman–Crippen MR) is 118 cm³/mol. The minimum atomic E-state index is -0.434. The predicted octanol–water partition coefficient (Wildman–Crippen LogP) is 4.83. The Labute approximate surface area is 179 Å². The molecule has 0 heterocycles. The van der Waals surface area contributed by atoms with Gasteiger partial charge in [-0.05, 0) is 66.6 Å². The number of halogens is 2. The molecule has 0 aliphatic heterocycles. The molecule has 0 aromatic heterocycles. The zero-order valence-electron chi connectivity index (χ0n) is 16.8. The summed E-state index contributed by atoms with van der Waals surface area (Å²) in [6.45, 7) is 0.650. The smallest absolute Gasteiger partial charge is 0.258 e. The van der Waals surface area contributed by atoms with Crippen molar-refractivity contribution >= 4 is 23.6 Å². The van der Waals surface area contributed by atoms with Crippen molar-refractivity contribution in [3.63, 3.8) is 0 Å². The van der Waals surface area contributed by atoms with Crippen LogP contribution in [0.1, 0.15) is 22.3 Å². The summed E-state index contributed by atoms with van der Waals surface area (Å²) in [5, 5.41) is 2.78. The van der Waals surface area contributed by atoms with Crippen LogP contribution in [0.3, 0.4) is 0 Å². The molecule has 0 atom stereocenters. The number of carbonyl (C=O) groups excluding carboxylic acids is 2. The minimum Gasteiger partial charge on any atom is -0.352 e. The van der Waals surface area contributed by atoms with Crippen molar-refractivity contribution in [3.05, 3.63) is 108 Å². The van der Waals surface area contributed by atoms with Crippen LogP contribution in [0.4, 0.5) is 14.5 Å². The van der Waals surface area contributed by atoms with E-state index in [1.54, 1.807) is 6.08 Å². The van der Waals surface area contributed by atoms with Crippen molar-refractivity contribution in [2.24, 2.45) is 0 Å². The molecule has 2 amide bonds. The highest BCUT2D eigenvalue weighted by molar-refractivity contribution is 6.06. The van der Waals surface area contributed by atoms with E-state index in [2.05, 4.69) is 5.32 Å². The SMILES string of the molecule is O=C(/C=C/c1ccccc1)NCCCN(C(=O)c1ccc(F)cc1)c1ccc(F)cc1. The number of hydrogen-bond donors (Lipinski definition) is 1. The summed E-state index contributed by atoms with van der Waals surface area (Å²) in [5.41, 5.74) is 1.76. The molecule has 3 rings (SSSR count). The minimum absolute atomic E-state index is 0.234. The maximum atomic E-state index is 13.3. The molecule has 0 saturated carbocycles. The van der Waals surface area contributed by atoms with Crippen molar-refractivity contribution in [1.29, 1.82) is 0 Å². The average Bonchev–Trinajstić information content (AvgIpc) is 2.79. The van der Waals surface area contributed by atoms with Crippen LogP contribution in [-0.2, 0) is 4.79 Å². The van der Waals surface area contributed by atoms with Crippen LogP contribution < -0.4 is 10.2 Å². The molecule has 31 heavy (non-hydrogen) atoms. The van der Waals surface area contributed by atoms with E-state index < -0.39 is 11.6 Å². The second-order valence-corrected chi connectivity index (χ2v) is 6.83. The fraction of sp³-hybridized carbons (Fsp3) is 0.120. The Hall–Kier alpha value is -3.80. The Morgan fingerprint density at radius 1 is 0.839 bits per heavy atom. The number of rotatable bonds is 8. The molecule has 0 bridgehead atoms. The number of benzene rings is 3. The van der Waals surface area contributed by atoms with E-state index >= 15 is 0 Å². The maximum absolute atomic E-state index is 13.3. The first-order valence-electron chi connectivity index (χ1n) is 9.87. The monoisotopic (exact) mass is 420 g/mol. The number of hydrogen-bond acceptors (Lipinski definition) is 2. The lowest BCUT2D eigenvalue weighted by atomic mass is 10.1. The van der Waals surface area contributed by atoms with E-state index in [-0.39, 0.29) is 11.8 Å². The third-order valence-electron chi connectivity index (χ3n) is 4.56. The van der Waals surface area contributed by atoms with Gasteiger partial charge >= 0.3 is 0 Å². The molecule has 4 nitrogen and oxygen atoms in total. The quantitative estimate of drug-likeness (QED) is 0.419. The van der Waals surface area contributed by atoms with Crippen molar-refractivity contribution < 1.29 is 18.4 Å². The molecule has 6 heteroatoms. The Bertz CT molecular complexity index is 1030. The van der Waals surface area contributed by atoms with Crippen molar-refractivity contribution in [2.45, 2.75) is 6.42 Å². The fourth-order valence-corrected chi connectivity index (χ4v) is 2.96. The molecule has 0 aliphatic carbocycles. The fourth-order valence-electron chi connectivity index (χ4n) is 2.96. The maximum Gasteiger partial charge on any atom is 0.258 e. The van der Waals surface area contributed by atoms with E-state index in [1.807, 2.05) is 30.3 Å². The van der Waals surface area contributed by atoms with Crippen molar-refractivity contribution in [2.75, 3.05) is 18.0 Å². The summed E-state index contributed by atoms with van der Waals surface area (Å²) in [4.78, 5) is 26.4. The molecule has 158 valence electrons. The third kappa shape index (κ3) is 6.60. The van der Waals surface area contributed by atoms with Gasteiger partial charge in [-0.25, -0.2) is 8.78 Å². The van der Waals surface area contributed by atoms with Gasteiger partial charge in [-0.1, -0.05) is 30.3 Å². The van der Waals surface area contributed by atoms with Crippen LogP contribution >= 0.6 is 0 Å². The van der Waals surface area contributed by atoms with Gasteiger partial charge in [0.15, 0.2) is 0 Å². The highest BCUT2D eigenvalue weighted by Crippen LogP contribution is 2.18. The number of nitrogens with one attached hydrogen (secondary N) is 1. The molecule has 0 fully saturated rings. The van der Waals surface area contributed by atoms with E-state index in [0.717, 1.165) is 5.56 Å². The van der Waals surface area contributed by atoms with Crippen molar-refractivity contribution in [1.82, 2.24) is 5.32 Å². The average molecular weight is 420 g/mol. The zero-order valence-corrected chi connectivity index (χ0v) is 16.8. The molecule has 0 aliphatic rings. The lowest BCUT2D eigenvalue weighted by Gasteiger charge is -2.23. The first kappa shape index (κ1) is 21.9. The molecule has 0 unspecified atom stereocenters. The summed E-state index contributed by atoms with van der Waals surface area (Å²) in [7, 11) is 0. The molecular formula is C25H22F2N2O2. The Morgan fingerprint density at radius 3 is 2.10 bits per heavy atom. The molecule has 0 saturated heterocycles. The first-order valence-corrected chi connectivity index (χ1v) is 9.87.